The maximum atomic E-state index is 9.71. The lowest BCUT2D eigenvalue weighted by atomic mass is 9.73. The standard InChI is InChI=1S/C34H54O3/c1-13-32(7,8)25-19-23(5)30(36-16-4)27(20-25)24(6)28-21-26(33(9,10)14-2)22-29(34(11,12)15-3)31(28)37-18-17-35/h19-22,24,35H,13-18H2,1-12H3. The summed E-state index contributed by atoms with van der Waals surface area (Å²) in [5.41, 5.74) is 7.51. The van der Waals surface area contributed by atoms with Gasteiger partial charge in [0.1, 0.15) is 18.1 Å². The molecule has 2 rings (SSSR count). The maximum Gasteiger partial charge on any atom is 0.126 e. The van der Waals surface area contributed by atoms with Gasteiger partial charge in [-0.1, -0.05) is 93.5 Å². The minimum absolute atomic E-state index is 0.00843. The first-order chi connectivity index (χ1) is 17.2. The lowest BCUT2D eigenvalue weighted by Crippen LogP contribution is -2.23. The van der Waals surface area contributed by atoms with Gasteiger partial charge < -0.3 is 14.6 Å². The van der Waals surface area contributed by atoms with Gasteiger partial charge in [0.2, 0.25) is 0 Å². The maximum absolute atomic E-state index is 9.71. The Hall–Kier alpha value is -2.00. The quantitative estimate of drug-likeness (QED) is 0.292. The third kappa shape index (κ3) is 6.72. The van der Waals surface area contributed by atoms with E-state index in [9.17, 15) is 5.11 Å². The minimum Gasteiger partial charge on any atom is -0.493 e. The summed E-state index contributed by atoms with van der Waals surface area (Å²) < 4.78 is 12.7. The van der Waals surface area contributed by atoms with E-state index in [1.54, 1.807) is 0 Å². The Morgan fingerprint density at radius 3 is 1.65 bits per heavy atom. The van der Waals surface area contributed by atoms with E-state index in [-0.39, 0.29) is 35.4 Å². The predicted octanol–water partition coefficient (Wildman–Crippen LogP) is 8.98. The summed E-state index contributed by atoms with van der Waals surface area (Å²) in [6.07, 6.45) is 3.11. The van der Waals surface area contributed by atoms with Crippen molar-refractivity contribution in [2.45, 2.75) is 125 Å². The highest BCUT2D eigenvalue weighted by Crippen LogP contribution is 2.47. The molecule has 0 aliphatic carbocycles. The third-order valence-electron chi connectivity index (χ3n) is 8.92. The van der Waals surface area contributed by atoms with E-state index < -0.39 is 0 Å². The predicted molar refractivity (Wildman–Crippen MR) is 159 cm³/mol. The molecule has 1 N–H and O–H groups in total. The number of aliphatic hydroxyl groups is 1. The van der Waals surface area contributed by atoms with Crippen LogP contribution in [0, 0.1) is 6.92 Å². The van der Waals surface area contributed by atoms with Crippen molar-refractivity contribution in [2.75, 3.05) is 19.8 Å². The van der Waals surface area contributed by atoms with E-state index in [2.05, 4.69) is 107 Å². The average molecular weight is 511 g/mol. The highest BCUT2D eigenvalue weighted by atomic mass is 16.5. The normalized spacial score (nSPS) is 13.5. The molecule has 3 nitrogen and oxygen atoms in total. The molecule has 0 saturated heterocycles. The van der Waals surface area contributed by atoms with Gasteiger partial charge in [-0.25, -0.2) is 0 Å². The first kappa shape index (κ1) is 31.2. The molecule has 0 saturated carbocycles. The summed E-state index contributed by atoms with van der Waals surface area (Å²) in [4.78, 5) is 0. The lowest BCUT2D eigenvalue weighted by Gasteiger charge is -2.34. The van der Waals surface area contributed by atoms with E-state index in [1.165, 1.54) is 33.4 Å². The summed E-state index contributed by atoms with van der Waals surface area (Å²) in [5, 5.41) is 9.71. The van der Waals surface area contributed by atoms with Crippen molar-refractivity contribution >= 4 is 0 Å². The molecule has 0 bridgehead atoms. The number of ether oxygens (including phenoxy) is 2. The van der Waals surface area contributed by atoms with Gasteiger partial charge in [0, 0.05) is 22.6 Å². The topological polar surface area (TPSA) is 38.7 Å². The molecule has 1 atom stereocenters. The zero-order chi connectivity index (χ0) is 28.2. The van der Waals surface area contributed by atoms with Crippen molar-refractivity contribution in [1.29, 1.82) is 0 Å². The summed E-state index contributed by atoms with van der Waals surface area (Å²) in [6, 6.07) is 9.39. The molecule has 0 spiro atoms. The smallest absolute Gasteiger partial charge is 0.126 e. The first-order valence-corrected chi connectivity index (χ1v) is 14.4. The van der Waals surface area contributed by atoms with E-state index in [0.717, 1.165) is 30.8 Å². The zero-order valence-electron chi connectivity index (χ0n) is 25.9. The Balaban J connectivity index is 2.98. The Labute approximate surface area is 228 Å². The van der Waals surface area contributed by atoms with Gasteiger partial charge in [-0.05, 0) is 66.0 Å². The lowest BCUT2D eigenvalue weighted by molar-refractivity contribution is 0.197. The van der Waals surface area contributed by atoms with Crippen molar-refractivity contribution in [3.05, 3.63) is 57.6 Å². The van der Waals surface area contributed by atoms with Crippen LogP contribution < -0.4 is 9.47 Å². The molecule has 2 aromatic rings. The molecule has 0 radical (unpaired) electrons. The second-order valence-corrected chi connectivity index (χ2v) is 12.6. The van der Waals surface area contributed by atoms with Crippen molar-refractivity contribution in [1.82, 2.24) is 0 Å². The van der Waals surface area contributed by atoms with Crippen LogP contribution in [0.2, 0.25) is 0 Å². The third-order valence-corrected chi connectivity index (χ3v) is 8.92. The molecule has 37 heavy (non-hydrogen) atoms. The number of aryl methyl sites for hydroxylation is 1. The molecular weight excluding hydrogens is 456 g/mol. The monoisotopic (exact) mass is 510 g/mol. The molecule has 0 aliphatic heterocycles. The van der Waals surface area contributed by atoms with E-state index >= 15 is 0 Å². The SMILES string of the molecule is CCOc1c(C)cc(C(C)(C)CC)cc1C(C)c1cc(C(C)(C)CC)cc(C(C)(C)CC)c1OCCO. The van der Waals surface area contributed by atoms with Crippen LogP contribution in [-0.4, -0.2) is 24.9 Å². The fourth-order valence-electron chi connectivity index (χ4n) is 4.80. The summed E-state index contributed by atoms with van der Waals surface area (Å²) >= 11 is 0. The number of aliphatic hydroxyl groups excluding tert-OH is 1. The molecule has 2 aromatic carbocycles. The van der Waals surface area contributed by atoms with Crippen molar-refractivity contribution < 1.29 is 14.6 Å². The van der Waals surface area contributed by atoms with E-state index in [4.69, 9.17) is 9.47 Å². The van der Waals surface area contributed by atoms with Crippen molar-refractivity contribution in [3.63, 3.8) is 0 Å². The largest absolute Gasteiger partial charge is 0.493 e. The second kappa shape index (κ2) is 12.2. The minimum atomic E-state index is -0.0657. The van der Waals surface area contributed by atoms with Crippen LogP contribution in [0.3, 0.4) is 0 Å². The zero-order valence-corrected chi connectivity index (χ0v) is 25.9. The van der Waals surface area contributed by atoms with Crippen LogP contribution in [-0.2, 0) is 16.2 Å². The van der Waals surface area contributed by atoms with Crippen LogP contribution in [0.1, 0.15) is 135 Å². The molecule has 3 heteroatoms. The van der Waals surface area contributed by atoms with Crippen LogP contribution >= 0.6 is 0 Å². The van der Waals surface area contributed by atoms with Crippen LogP contribution in [0.15, 0.2) is 24.3 Å². The van der Waals surface area contributed by atoms with E-state index in [0.29, 0.717) is 6.61 Å². The molecular formula is C34H54O3. The Bertz CT molecular complexity index is 1050. The van der Waals surface area contributed by atoms with Crippen LogP contribution in [0.25, 0.3) is 0 Å². The van der Waals surface area contributed by atoms with Gasteiger partial charge in [0.25, 0.3) is 0 Å². The number of benzene rings is 2. The fraction of sp³-hybridized carbons (Fsp3) is 0.647. The van der Waals surface area contributed by atoms with Gasteiger partial charge >= 0.3 is 0 Å². The van der Waals surface area contributed by atoms with Crippen LogP contribution in [0.4, 0.5) is 0 Å². The second-order valence-electron chi connectivity index (χ2n) is 12.6. The van der Waals surface area contributed by atoms with Gasteiger partial charge in [0.15, 0.2) is 0 Å². The molecule has 0 heterocycles. The number of rotatable bonds is 13. The number of hydrogen-bond acceptors (Lipinski definition) is 3. The molecule has 0 aliphatic rings. The van der Waals surface area contributed by atoms with Gasteiger partial charge in [0.05, 0.1) is 13.2 Å². The molecule has 0 aromatic heterocycles. The molecule has 1 unspecified atom stereocenters. The fourth-order valence-corrected chi connectivity index (χ4v) is 4.80. The highest BCUT2D eigenvalue weighted by molar-refractivity contribution is 5.57. The molecule has 0 amide bonds. The average Bonchev–Trinajstić information content (AvgIpc) is 2.87. The Morgan fingerprint density at radius 2 is 1.19 bits per heavy atom. The highest BCUT2D eigenvalue weighted by Gasteiger charge is 2.32. The summed E-state index contributed by atoms with van der Waals surface area (Å²) in [5.74, 6) is 1.96. The molecule has 208 valence electrons. The van der Waals surface area contributed by atoms with E-state index in [1.807, 2.05) is 0 Å². The first-order valence-electron chi connectivity index (χ1n) is 14.4. The van der Waals surface area contributed by atoms with Crippen molar-refractivity contribution in [3.8, 4) is 11.5 Å². The van der Waals surface area contributed by atoms with Gasteiger partial charge in [-0.3, -0.25) is 0 Å². The Morgan fingerprint density at radius 1 is 0.703 bits per heavy atom. The van der Waals surface area contributed by atoms with Crippen LogP contribution in [0.5, 0.6) is 11.5 Å². The van der Waals surface area contributed by atoms with Gasteiger partial charge in [-0.15, -0.1) is 0 Å². The van der Waals surface area contributed by atoms with Gasteiger partial charge in [-0.2, -0.15) is 0 Å². The molecule has 0 fully saturated rings. The van der Waals surface area contributed by atoms with Crippen molar-refractivity contribution in [2.24, 2.45) is 0 Å². The Kier molecular flexibility index (Phi) is 10.3. The summed E-state index contributed by atoms with van der Waals surface area (Å²) in [6.45, 7) is 28.0. The summed E-state index contributed by atoms with van der Waals surface area (Å²) in [7, 11) is 0. The number of hydrogen-bond donors (Lipinski definition) is 1.